The van der Waals surface area contributed by atoms with Crippen LogP contribution in [0.2, 0.25) is 0 Å². The molecule has 1 aliphatic heterocycles. The van der Waals surface area contributed by atoms with Crippen LogP contribution in [0.25, 0.3) is 32.8 Å². The highest BCUT2D eigenvalue weighted by molar-refractivity contribution is 6.05. The molecule has 8 nitrogen and oxygen atoms in total. The van der Waals surface area contributed by atoms with Crippen molar-refractivity contribution >= 4 is 27.6 Å². The van der Waals surface area contributed by atoms with Gasteiger partial charge < -0.3 is 23.9 Å². The molecule has 3 aromatic carbocycles. The fourth-order valence-corrected chi connectivity index (χ4v) is 6.36. The summed E-state index contributed by atoms with van der Waals surface area (Å²) in [6.45, 7) is 4.39. The van der Waals surface area contributed by atoms with Crippen molar-refractivity contribution in [2.75, 3.05) is 26.4 Å². The molecule has 2 aromatic heterocycles. The molecule has 0 fully saturated rings. The number of aliphatic hydroxyl groups is 1. The quantitative estimate of drug-likeness (QED) is 0.164. The van der Waals surface area contributed by atoms with Gasteiger partial charge >= 0.3 is 5.97 Å². The number of rotatable bonds is 9. The Balaban J connectivity index is 1.43. The molecule has 1 N–H and O–H groups in total. The lowest BCUT2D eigenvalue weighted by atomic mass is 9.97. The van der Waals surface area contributed by atoms with Gasteiger partial charge in [-0.3, -0.25) is 4.68 Å². The first-order valence-corrected chi connectivity index (χ1v) is 15.3. The summed E-state index contributed by atoms with van der Waals surface area (Å²) in [6, 6.07) is 20.6. The van der Waals surface area contributed by atoms with Crippen molar-refractivity contribution in [2.24, 2.45) is 7.05 Å². The van der Waals surface area contributed by atoms with E-state index in [1.165, 1.54) is 0 Å². The number of benzene rings is 3. The highest BCUT2D eigenvalue weighted by atomic mass is 16.5. The van der Waals surface area contributed by atoms with E-state index < -0.39 is 0 Å². The largest absolute Gasteiger partial charge is 0.493 e. The summed E-state index contributed by atoms with van der Waals surface area (Å²) in [5.41, 5.74) is 6.37. The maximum Gasteiger partial charge on any atom is 0.355 e. The molecule has 1 aliphatic rings. The van der Waals surface area contributed by atoms with Crippen LogP contribution >= 0.6 is 0 Å². The van der Waals surface area contributed by atoms with Crippen molar-refractivity contribution in [1.29, 1.82) is 0 Å². The first-order chi connectivity index (χ1) is 21.1. The Bertz CT molecular complexity index is 1750. The van der Waals surface area contributed by atoms with E-state index in [9.17, 15) is 9.90 Å². The van der Waals surface area contributed by atoms with Crippen LogP contribution in [0.1, 0.15) is 53.6 Å². The third kappa shape index (κ3) is 5.65. The summed E-state index contributed by atoms with van der Waals surface area (Å²) in [4.78, 5) is 13.6. The Hall–Kier alpha value is -4.14. The topological polar surface area (TPSA) is 87.7 Å². The van der Waals surface area contributed by atoms with Crippen molar-refractivity contribution in [3.8, 4) is 16.9 Å². The molecular formula is C35H39N3O5. The third-order valence-corrected chi connectivity index (χ3v) is 8.25. The van der Waals surface area contributed by atoms with Gasteiger partial charge in [0.25, 0.3) is 0 Å². The normalized spacial score (nSPS) is 13.6. The van der Waals surface area contributed by atoms with Gasteiger partial charge in [-0.15, -0.1) is 0 Å². The van der Waals surface area contributed by atoms with Gasteiger partial charge in [0.15, 0.2) is 0 Å². The molecule has 0 radical (unpaired) electrons. The summed E-state index contributed by atoms with van der Waals surface area (Å²) in [6.07, 6.45) is 3.57. The number of carbonyl (C=O) groups is 1. The molecule has 0 aliphatic carbocycles. The number of carbonyl (C=O) groups excluding carboxylic acids is 1. The smallest absolute Gasteiger partial charge is 0.355 e. The molecule has 5 aromatic rings. The van der Waals surface area contributed by atoms with Crippen LogP contribution in [0.5, 0.6) is 5.75 Å². The Morgan fingerprint density at radius 3 is 2.70 bits per heavy atom. The highest BCUT2D eigenvalue weighted by Crippen LogP contribution is 2.39. The molecule has 224 valence electrons. The Labute approximate surface area is 251 Å². The molecule has 0 saturated heterocycles. The predicted molar refractivity (Wildman–Crippen MR) is 168 cm³/mol. The number of para-hydroxylation sites is 1. The second-order valence-corrected chi connectivity index (χ2v) is 11.0. The lowest BCUT2D eigenvalue weighted by Gasteiger charge is -2.13. The summed E-state index contributed by atoms with van der Waals surface area (Å²) >= 11 is 0. The molecule has 6 rings (SSSR count). The van der Waals surface area contributed by atoms with E-state index in [1.54, 1.807) is 0 Å². The fraction of sp³-hybridized carbons (Fsp3) is 0.371. The van der Waals surface area contributed by atoms with Gasteiger partial charge in [-0.05, 0) is 49.6 Å². The Morgan fingerprint density at radius 1 is 1.02 bits per heavy atom. The van der Waals surface area contributed by atoms with Gasteiger partial charge in [0, 0.05) is 55.1 Å². The number of ether oxygens (including phenoxy) is 3. The molecular weight excluding hydrogens is 542 g/mol. The van der Waals surface area contributed by atoms with Crippen molar-refractivity contribution < 1.29 is 24.1 Å². The van der Waals surface area contributed by atoms with E-state index in [4.69, 9.17) is 19.3 Å². The van der Waals surface area contributed by atoms with Crippen LogP contribution in [0.4, 0.5) is 0 Å². The van der Waals surface area contributed by atoms with Gasteiger partial charge in [0.1, 0.15) is 11.4 Å². The predicted octanol–water partition coefficient (Wildman–Crippen LogP) is 6.23. The number of esters is 1. The summed E-state index contributed by atoms with van der Waals surface area (Å²) < 4.78 is 22.0. The maximum atomic E-state index is 13.6. The average Bonchev–Trinajstić information content (AvgIpc) is 3.49. The van der Waals surface area contributed by atoms with E-state index in [0.29, 0.717) is 51.5 Å². The molecule has 43 heavy (non-hydrogen) atoms. The first kappa shape index (κ1) is 29.0. The average molecular weight is 582 g/mol. The molecule has 0 unspecified atom stereocenters. The molecule has 3 heterocycles. The minimum Gasteiger partial charge on any atom is -0.493 e. The fourth-order valence-electron chi connectivity index (χ4n) is 6.36. The summed E-state index contributed by atoms with van der Waals surface area (Å²) in [5.74, 6) is 0.563. The molecule has 0 atom stereocenters. The Morgan fingerprint density at radius 2 is 1.84 bits per heavy atom. The molecule has 0 bridgehead atoms. The van der Waals surface area contributed by atoms with Crippen LogP contribution in [0, 0.1) is 0 Å². The van der Waals surface area contributed by atoms with Crippen LogP contribution in [-0.4, -0.2) is 51.9 Å². The van der Waals surface area contributed by atoms with Crippen LogP contribution < -0.4 is 4.74 Å². The van der Waals surface area contributed by atoms with Crippen LogP contribution in [-0.2, 0) is 42.5 Å². The van der Waals surface area contributed by atoms with Crippen molar-refractivity contribution in [3.63, 3.8) is 0 Å². The number of aryl methyl sites for hydroxylation is 3. The SMILES string of the molecule is CCOC(=O)c1c(CCCOc2cccc3ccccc23)c2cccc3c2n1CCCCOCc1c-3c(CCO)nn1C. The number of hydrogen-bond acceptors (Lipinski definition) is 6. The lowest BCUT2D eigenvalue weighted by molar-refractivity contribution is 0.0512. The first-order valence-electron chi connectivity index (χ1n) is 15.3. The van der Waals surface area contributed by atoms with Crippen LogP contribution in [0.15, 0.2) is 60.7 Å². The third-order valence-electron chi connectivity index (χ3n) is 8.25. The van der Waals surface area contributed by atoms with Crippen molar-refractivity contribution in [1.82, 2.24) is 14.3 Å². The van der Waals surface area contributed by atoms with Gasteiger partial charge in [-0.25, -0.2) is 4.79 Å². The summed E-state index contributed by atoms with van der Waals surface area (Å²) in [7, 11) is 1.92. The lowest BCUT2D eigenvalue weighted by Crippen LogP contribution is -2.15. The second kappa shape index (κ2) is 13.0. The zero-order valence-electron chi connectivity index (χ0n) is 25.0. The minimum atomic E-state index is -0.303. The van der Waals surface area contributed by atoms with Gasteiger partial charge in [-0.1, -0.05) is 54.6 Å². The van der Waals surface area contributed by atoms with E-state index in [0.717, 1.165) is 74.8 Å². The number of fused-ring (bicyclic) bond motifs is 3. The second-order valence-electron chi connectivity index (χ2n) is 11.0. The number of aliphatic hydroxyl groups excluding tert-OH is 1. The number of nitrogens with zero attached hydrogens (tertiary/aromatic N) is 3. The van der Waals surface area contributed by atoms with Crippen molar-refractivity contribution in [2.45, 2.75) is 52.2 Å². The van der Waals surface area contributed by atoms with E-state index in [2.05, 4.69) is 34.9 Å². The zero-order valence-corrected chi connectivity index (χ0v) is 25.0. The maximum absolute atomic E-state index is 13.6. The van der Waals surface area contributed by atoms with Gasteiger partial charge in [-0.2, -0.15) is 5.10 Å². The summed E-state index contributed by atoms with van der Waals surface area (Å²) in [5, 5.41) is 17.9. The molecule has 8 heteroatoms. The van der Waals surface area contributed by atoms with E-state index in [-0.39, 0.29) is 12.6 Å². The molecule has 0 saturated carbocycles. The molecule has 0 spiro atoms. The van der Waals surface area contributed by atoms with E-state index in [1.807, 2.05) is 49.0 Å². The van der Waals surface area contributed by atoms with Gasteiger partial charge in [0.2, 0.25) is 0 Å². The molecule has 0 amide bonds. The Kier molecular flexibility index (Phi) is 8.77. The zero-order chi connectivity index (χ0) is 29.8. The monoisotopic (exact) mass is 581 g/mol. The minimum absolute atomic E-state index is 0.00265. The van der Waals surface area contributed by atoms with Gasteiger partial charge in [0.05, 0.1) is 36.7 Å². The van der Waals surface area contributed by atoms with Crippen molar-refractivity contribution in [3.05, 3.63) is 83.3 Å². The number of hydrogen-bond donors (Lipinski definition) is 1. The highest BCUT2D eigenvalue weighted by Gasteiger charge is 2.28. The number of aromatic nitrogens is 3. The van der Waals surface area contributed by atoms with Crippen LogP contribution in [0.3, 0.4) is 0 Å². The van der Waals surface area contributed by atoms with E-state index >= 15 is 0 Å². The standard InChI is InChI=1S/C35H39N3O5/c1-3-42-35(40)34-27(16-10-22-43-31-17-8-12-24-11-4-5-13-25(24)31)26-14-9-15-28-32-29(18-20-39)36-37(2)30(32)23-41-21-7-6-19-38(34)33(26)28/h4-5,8-9,11-15,17,39H,3,6-7,10,16,18-23H2,1-2H3.